The summed E-state index contributed by atoms with van der Waals surface area (Å²) in [7, 11) is 1.62. The topological polar surface area (TPSA) is 72.7 Å². The number of hydrogen-bond acceptors (Lipinski definition) is 5. The number of carbonyl (C=O) groups is 1. The van der Waals surface area contributed by atoms with E-state index >= 15 is 0 Å². The zero-order valence-corrected chi connectivity index (χ0v) is 17.9. The minimum atomic E-state index is -0.796. The van der Waals surface area contributed by atoms with Gasteiger partial charge in [-0.2, -0.15) is 5.10 Å². The van der Waals surface area contributed by atoms with E-state index < -0.39 is 23.0 Å². The van der Waals surface area contributed by atoms with Crippen molar-refractivity contribution in [3.05, 3.63) is 82.5 Å². The highest BCUT2D eigenvalue weighted by Crippen LogP contribution is 2.35. The first-order chi connectivity index (χ1) is 14.8. The average molecular weight is 439 g/mol. The van der Waals surface area contributed by atoms with E-state index in [0.717, 1.165) is 22.7 Å². The van der Waals surface area contributed by atoms with Crippen molar-refractivity contribution in [3.8, 4) is 11.3 Å². The molecule has 2 heterocycles. The number of hydrogen-bond donors (Lipinski definition) is 1. The minimum Gasteiger partial charge on any atom is -0.296 e. The van der Waals surface area contributed by atoms with Crippen molar-refractivity contribution >= 4 is 22.4 Å². The molecule has 31 heavy (non-hydrogen) atoms. The maximum Gasteiger partial charge on any atom is 0.261 e. The van der Waals surface area contributed by atoms with Crippen LogP contribution in [0.15, 0.2) is 54.7 Å². The molecule has 4 rings (SSSR count). The van der Waals surface area contributed by atoms with E-state index in [9.17, 15) is 13.6 Å². The first kappa shape index (κ1) is 20.8. The lowest BCUT2D eigenvalue weighted by Crippen LogP contribution is -2.18. The van der Waals surface area contributed by atoms with Crippen molar-refractivity contribution in [3.63, 3.8) is 0 Å². The van der Waals surface area contributed by atoms with Crippen LogP contribution in [0.4, 0.5) is 13.9 Å². The smallest absolute Gasteiger partial charge is 0.261 e. The Morgan fingerprint density at radius 3 is 2.55 bits per heavy atom. The molecule has 158 valence electrons. The molecule has 0 atom stereocenters. The molecule has 9 heteroatoms. The van der Waals surface area contributed by atoms with Crippen molar-refractivity contribution < 1.29 is 13.6 Å². The predicted molar refractivity (Wildman–Crippen MR) is 115 cm³/mol. The third-order valence-corrected chi connectivity index (χ3v) is 6.10. The van der Waals surface area contributed by atoms with Crippen molar-refractivity contribution in [1.29, 1.82) is 0 Å². The number of benzene rings is 2. The van der Waals surface area contributed by atoms with E-state index in [1.54, 1.807) is 7.05 Å². The summed E-state index contributed by atoms with van der Waals surface area (Å²) in [5, 5.41) is 16.3. The molecule has 0 saturated heterocycles. The maximum atomic E-state index is 14.3. The van der Waals surface area contributed by atoms with Gasteiger partial charge in [-0.15, -0.1) is 10.2 Å². The van der Waals surface area contributed by atoms with Gasteiger partial charge in [0.05, 0.1) is 5.56 Å². The van der Waals surface area contributed by atoms with Crippen LogP contribution >= 0.6 is 11.3 Å². The molecular formula is C22H19F2N5OS. The SMILES string of the molecule is Cn1cc(C(=O)Nc2nnc(C(C)(C)c3ccccc3)s2)c(-c2ccc(F)cc2F)n1. The van der Waals surface area contributed by atoms with Crippen molar-refractivity contribution in [2.45, 2.75) is 19.3 Å². The van der Waals surface area contributed by atoms with Crippen LogP contribution in [0.5, 0.6) is 0 Å². The first-order valence-corrected chi connectivity index (χ1v) is 10.3. The fourth-order valence-electron chi connectivity index (χ4n) is 3.20. The summed E-state index contributed by atoms with van der Waals surface area (Å²) < 4.78 is 28.9. The molecule has 0 fully saturated rings. The van der Waals surface area contributed by atoms with Crippen LogP contribution in [-0.4, -0.2) is 25.9 Å². The van der Waals surface area contributed by atoms with Crippen LogP contribution in [0.2, 0.25) is 0 Å². The zero-order valence-electron chi connectivity index (χ0n) is 17.1. The fraction of sp³-hybridized carbons (Fsp3) is 0.182. The predicted octanol–water partition coefficient (Wildman–Crippen LogP) is 4.80. The van der Waals surface area contributed by atoms with E-state index in [2.05, 4.69) is 20.6 Å². The van der Waals surface area contributed by atoms with Crippen LogP contribution in [0, 0.1) is 11.6 Å². The normalized spacial score (nSPS) is 11.5. The molecule has 2 aromatic heterocycles. The van der Waals surface area contributed by atoms with Crippen LogP contribution in [-0.2, 0) is 12.5 Å². The van der Waals surface area contributed by atoms with Crippen molar-refractivity contribution in [1.82, 2.24) is 20.0 Å². The van der Waals surface area contributed by atoms with Crippen LogP contribution < -0.4 is 5.32 Å². The number of nitrogens with zero attached hydrogens (tertiary/aromatic N) is 4. The standard InChI is InChI=1S/C22H19F2N5OS/c1-22(2,13-7-5-4-6-8-13)20-26-27-21(31-20)25-19(30)16-12-29(3)28-18(16)15-10-9-14(23)11-17(15)24/h4-12H,1-3H3,(H,25,27,30). The van der Waals surface area contributed by atoms with Crippen LogP contribution in [0.1, 0.15) is 34.8 Å². The van der Waals surface area contributed by atoms with Gasteiger partial charge in [0.1, 0.15) is 22.3 Å². The maximum absolute atomic E-state index is 14.3. The summed E-state index contributed by atoms with van der Waals surface area (Å²) in [5.41, 5.74) is 0.984. The molecule has 0 spiro atoms. The van der Waals surface area contributed by atoms with Crippen LogP contribution in [0.3, 0.4) is 0 Å². The number of aryl methyl sites for hydroxylation is 1. The first-order valence-electron chi connectivity index (χ1n) is 9.45. The average Bonchev–Trinajstić information content (AvgIpc) is 3.36. The van der Waals surface area contributed by atoms with Gasteiger partial charge in [0.25, 0.3) is 5.91 Å². The number of amides is 1. The van der Waals surface area contributed by atoms with Gasteiger partial charge >= 0.3 is 0 Å². The second kappa shape index (κ2) is 7.99. The lowest BCUT2D eigenvalue weighted by Gasteiger charge is -2.21. The van der Waals surface area contributed by atoms with Gasteiger partial charge < -0.3 is 0 Å². The molecule has 0 aliphatic carbocycles. The van der Waals surface area contributed by atoms with Gasteiger partial charge in [-0.25, -0.2) is 8.78 Å². The number of nitrogens with one attached hydrogen (secondary N) is 1. The second-order valence-corrected chi connectivity index (χ2v) is 8.52. The Kier molecular flexibility index (Phi) is 5.36. The van der Waals surface area contributed by atoms with Gasteiger partial charge in [0.15, 0.2) is 0 Å². The fourth-order valence-corrected chi connectivity index (χ4v) is 4.07. The zero-order chi connectivity index (χ0) is 22.2. The third-order valence-electron chi connectivity index (χ3n) is 4.94. The summed E-state index contributed by atoms with van der Waals surface area (Å²) >= 11 is 1.27. The van der Waals surface area contributed by atoms with Crippen LogP contribution in [0.25, 0.3) is 11.3 Å². The van der Waals surface area contributed by atoms with E-state index in [4.69, 9.17) is 0 Å². The molecule has 1 N–H and O–H groups in total. The number of halogens is 2. The van der Waals surface area contributed by atoms with Gasteiger partial charge in [0.2, 0.25) is 5.13 Å². The Balaban J connectivity index is 1.61. The van der Waals surface area contributed by atoms with Crippen molar-refractivity contribution in [2.75, 3.05) is 5.32 Å². The van der Waals surface area contributed by atoms with Crippen molar-refractivity contribution in [2.24, 2.45) is 7.05 Å². The Morgan fingerprint density at radius 2 is 1.84 bits per heavy atom. The Morgan fingerprint density at radius 1 is 1.10 bits per heavy atom. The van der Waals surface area contributed by atoms with Gasteiger partial charge in [-0.05, 0) is 31.5 Å². The Bertz CT molecular complexity index is 1250. The number of rotatable bonds is 5. The summed E-state index contributed by atoms with van der Waals surface area (Å²) in [4.78, 5) is 12.9. The van der Waals surface area contributed by atoms with Gasteiger partial charge in [-0.3, -0.25) is 14.8 Å². The Hall–Kier alpha value is -3.46. The monoisotopic (exact) mass is 439 g/mol. The minimum absolute atomic E-state index is 0.0373. The molecule has 0 aliphatic rings. The molecule has 0 bridgehead atoms. The lowest BCUT2D eigenvalue weighted by atomic mass is 9.85. The third kappa shape index (κ3) is 4.09. The summed E-state index contributed by atoms with van der Waals surface area (Å²) in [6.45, 7) is 4.07. The summed E-state index contributed by atoms with van der Waals surface area (Å²) in [6, 6.07) is 13.0. The van der Waals surface area contributed by atoms with E-state index in [1.807, 2.05) is 44.2 Å². The largest absolute Gasteiger partial charge is 0.296 e. The van der Waals surface area contributed by atoms with E-state index in [0.29, 0.717) is 5.13 Å². The van der Waals surface area contributed by atoms with Gasteiger partial charge in [0, 0.05) is 30.3 Å². The summed E-state index contributed by atoms with van der Waals surface area (Å²) in [5.74, 6) is -2.01. The highest BCUT2D eigenvalue weighted by Gasteiger charge is 2.28. The summed E-state index contributed by atoms with van der Waals surface area (Å²) in [6.07, 6.45) is 1.48. The number of carbonyl (C=O) groups excluding carboxylic acids is 1. The van der Waals surface area contributed by atoms with E-state index in [-0.39, 0.29) is 16.8 Å². The second-order valence-electron chi connectivity index (χ2n) is 7.55. The quantitative estimate of drug-likeness (QED) is 0.485. The molecule has 1 amide bonds. The molecule has 4 aromatic rings. The number of anilines is 1. The van der Waals surface area contributed by atoms with Gasteiger partial charge in [-0.1, -0.05) is 41.7 Å². The Labute approximate surface area is 181 Å². The molecule has 0 unspecified atom stereocenters. The molecule has 0 saturated carbocycles. The highest BCUT2D eigenvalue weighted by atomic mass is 32.1. The highest BCUT2D eigenvalue weighted by molar-refractivity contribution is 7.15. The molecule has 0 radical (unpaired) electrons. The molecular weight excluding hydrogens is 420 g/mol. The lowest BCUT2D eigenvalue weighted by molar-refractivity contribution is 0.102. The number of aromatic nitrogens is 4. The molecule has 2 aromatic carbocycles. The molecule has 0 aliphatic heterocycles. The van der Waals surface area contributed by atoms with E-state index in [1.165, 1.54) is 28.3 Å². The molecule has 6 nitrogen and oxygen atoms in total.